The summed E-state index contributed by atoms with van der Waals surface area (Å²) in [7, 11) is 0. The topological polar surface area (TPSA) is 81.4 Å². The summed E-state index contributed by atoms with van der Waals surface area (Å²) in [5.74, 6) is -1.57. The van der Waals surface area contributed by atoms with E-state index in [2.05, 4.69) is 9.72 Å². The zero-order chi connectivity index (χ0) is 22.1. The van der Waals surface area contributed by atoms with Gasteiger partial charge in [-0.1, -0.05) is 32.0 Å². The average molecular weight is 420 g/mol. The SMILES string of the molecule is CC(C)c1nc2ccc(-c3cccc(OC(F)(F)F)c3)cc2n(CCC(=O)O)c1=O. The van der Waals surface area contributed by atoms with Crippen LogP contribution in [0, 0.1) is 0 Å². The highest BCUT2D eigenvalue weighted by Gasteiger charge is 2.31. The Balaban J connectivity index is 2.14. The molecule has 0 aliphatic carbocycles. The molecule has 0 spiro atoms. The highest BCUT2D eigenvalue weighted by atomic mass is 19.4. The summed E-state index contributed by atoms with van der Waals surface area (Å²) >= 11 is 0. The maximum atomic E-state index is 12.9. The number of halogens is 3. The van der Waals surface area contributed by atoms with Crippen molar-refractivity contribution in [3.63, 3.8) is 0 Å². The Morgan fingerprint density at radius 3 is 2.50 bits per heavy atom. The van der Waals surface area contributed by atoms with Crippen LogP contribution in [-0.4, -0.2) is 27.0 Å². The molecule has 6 nitrogen and oxygen atoms in total. The van der Waals surface area contributed by atoms with Crippen molar-refractivity contribution in [1.82, 2.24) is 9.55 Å². The minimum Gasteiger partial charge on any atom is -0.481 e. The smallest absolute Gasteiger partial charge is 0.481 e. The minimum atomic E-state index is -4.81. The van der Waals surface area contributed by atoms with Crippen LogP contribution in [0.25, 0.3) is 22.2 Å². The third-order valence-electron chi connectivity index (χ3n) is 4.47. The van der Waals surface area contributed by atoms with Crippen LogP contribution in [0.1, 0.15) is 31.9 Å². The summed E-state index contributed by atoms with van der Waals surface area (Å²) in [5, 5.41) is 9.04. The predicted octanol–water partition coefficient (Wildman–Crippen LogP) is 4.56. The fourth-order valence-corrected chi connectivity index (χ4v) is 3.12. The van der Waals surface area contributed by atoms with Crippen molar-refractivity contribution in [3.8, 4) is 16.9 Å². The Morgan fingerprint density at radius 1 is 1.17 bits per heavy atom. The van der Waals surface area contributed by atoms with Crippen LogP contribution in [0.5, 0.6) is 5.75 Å². The Bertz CT molecular complexity index is 1150. The number of hydrogen-bond acceptors (Lipinski definition) is 4. The number of alkyl halides is 3. The van der Waals surface area contributed by atoms with E-state index in [1.807, 2.05) is 13.8 Å². The number of carboxylic acids is 1. The third-order valence-corrected chi connectivity index (χ3v) is 4.47. The first-order valence-corrected chi connectivity index (χ1v) is 9.17. The van der Waals surface area contributed by atoms with Crippen LogP contribution in [0.3, 0.4) is 0 Å². The summed E-state index contributed by atoms with van der Waals surface area (Å²) in [6.45, 7) is 3.59. The summed E-state index contributed by atoms with van der Waals surface area (Å²) in [5.41, 5.74) is 1.83. The molecule has 3 rings (SSSR count). The summed E-state index contributed by atoms with van der Waals surface area (Å²) in [6, 6.07) is 10.4. The highest BCUT2D eigenvalue weighted by molar-refractivity contribution is 5.82. The van der Waals surface area contributed by atoms with E-state index in [1.54, 1.807) is 24.3 Å². The van der Waals surface area contributed by atoms with E-state index >= 15 is 0 Å². The van der Waals surface area contributed by atoms with Crippen LogP contribution >= 0.6 is 0 Å². The molecule has 158 valence electrons. The van der Waals surface area contributed by atoms with E-state index in [-0.39, 0.29) is 30.2 Å². The second-order valence-electron chi connectivity index (χ2n) is 7.03. The average Bonchev–Trinajstić information content (AvgIpc) is 2.65. The Kier molecular flexibility index (Phi) is 5.82. The molecule has 0 saturated carbocycles. The van der Waals surface area contributed by atoms with Crippen LogP contribution < -0.4 is 10.3 Å². The van der Waals surface area contributed by atoms with Crippen molar-refractivity contribution in [2.24, 2.45) is 0 Å². The number of carboxylic acid groups (broad SMARTS) is 1. The van der Waals surface area contributed by atoms with Crippen LogP contribution in [0.4, 0.5) is 13.2 Å². The summed E-state index contributed by atoms with van der Waals surface area (Å²) in [6.07, 6.45) is -5.06. The summed E-state index contributed by atoms with van der Waals surface area (Å²) in [4.78, 5) is 28.3. The third kappa shape index (κ3) is 4.79. The van der Waals surface area contributed by atoms with Gasteiger partial charge in [-0.05, 0) is 35.4 Å². The van der Waals surface area contributed by atoms with Gasteiger partial charge in [0.25, 0.3) is 5.56 Å². The number of fused-ring (bicyclic) bond motifs is 1. The van der Waals surface area contributed by atoms with Crippen molar-refractivity contribution < 1.29 is 27.8 Å². The molecule has 2 aromatic carbocycles. The van der Waals surface area contributed by atoms with Crippen molar-refractivity contribution in [3.05, 3.63) is 58.5 Å². The molecule has 30 heavy (non-hydrogen) atoms. The van der Waals surface area contributed by atoms with E-state index in [9.17, 15) is 22.8 Å². The molecule has 0 aliphatic heterocycles. The number of benzene rings is 2. The van der Waals surface area contributed by atoms with Crippen molar-refractivity contribution in [2.75, 3.05) is 0 Å². The quantitative estimate of drug-likeness (QED) is 0.632. The lowest BCUT2D eigenvalue weighted by molar-refractivity contribution is -0.274. The van der Waals surface area contributed by atoms with Gasteiger partial charge in [-0.25, -0.2) is 4.98 Å². The molecule has 1 heterocycles. The first-order chi connectivity index (χ1) is 14.0. The number of aliphatic carboxylic acids is 1. The van der Waals surface area contributed by atoms with Gasteiger partial charge in [-0.3, -0.25) is 9.59 Å². The predicted molar refractivity (Wildman–Crippen MR) is 104 cm³/mol. The van der Waals surface area contributed by atoms with Gasteiger partial charge < -0.3 is 14.4 Å². The van der Waals surface area contributed by atoms with E-state index in [0.717, 1.165) is 0 Å². The standard InChI is InChI=1S/C21H19F3N2O4/c1-12(2)19-20(29)26(9-8-18(27)28)17-11-14(6-7-16(17)25-19)13-4-3-5-15(10-13)30-21(22,23)24/h3-7,10-12H,8-9H2,1-2H3,(H,27,28). The highest BCUT2D eigenvalue weighted by Crippen LogP contribution is 2.29. The second-order valence-corrected chi connectivity index (χ2v) is 7.03. The molecule has 3 aromatic rings. The maximum absolute atomic E-state index is 12.9. The van der Waals surface area contributed by atoms with Gasteiger partial charge in [0.2, 0.25) is 0 Å². The fourth-order valence-electron chi connectivity index (χ4n) is 3.12. The second kappa shape index (κ2) is 8.17. The molecule has 0 saturated heterocycles. The van der Waals surface area contributed by atoms with Gasteiger partial charge in [-0.2, -0.15) is 0 Å². The van der Waals surface area contributed by atoms with E-state index in [0.29, 0.717) is 27.9 Å². The van der Waals surface area contributed by atoms with E-state index in [4.69, 9.17) is 5.11 Å². The molecular formula is C21H19F3N2O4. The Labute approximate surface area is 169 Å². The zero-order valence-corrected chi connectivity index (χ0v) is 16.2. The van der Waals surface area contributed by atoms with Gasteiger partial charge in [-0.15, -0.1) is 13.2 Å². The molecule has 1 N–H and O–H groups in total. The van der Waals surface area contributed by atoms with Crippen LogP contribution in [0.15, 0.2) is 47.3 Å². The molecule has 0 atom stereocenters. The molecule has 0 bridgehead atoms. The molecule has 0 radical (unpaired) electrons. The number of aromatic nitrogens is 2. The van der Waals surface area contributed by atoms with E-state index < -0.39 is 12.3 Å². The van der Waals surface area contributed by atoms with Gasteiger partial charge >= 0.3 is 12.3 Å². The van der Waals surface area contributed by atoms with E-state index in [1.165, 1.54) is 22.8 Å². The normalized spacial score (nSPS) is 11.8. The molecule has 0 unspecified atom stereocenters. The monoisotopic (exact) mass is 420 g/mol. The van der Waals surface area contributed by atoms with Crippen molar-refractivity contribution >= 4 is 17.0 Å². The maximum Gasteiger partial charge on any atom is 0.573 e. The summed E-state index contributed by atoms with van der Waals surface area (Å²) < 4.78 is 42.9. The number of aryl methyl sites for hydroxylation is 1. The molecule has 9 heteroatoms. The number of nitrogens with zero attached hydrogens (tertiary/aromatic N) is 2. The first-order valence-electron chi connectivity index (χ1n) is 9.17. The van der Waals surface area contributed by atoms with Gasteiger partial charge in [0.15, 0.2) is 0 Å². The number of hydrogen-bond donors (Lipinski definition) is 1. The Morgan fingerprint density at radius 2 is 1.87 bits per heavy atom. The Hall–Kier alpha value is -3.36. The molecular weight excluding hydrogens is 401 g/mol. The minimum absolute atomic E-state index is 0.0480. The number of rotatable bonds is 6. The van der Waals surface area contributed by atoms with Crippen molar-refractivity contribution in [2.45, 2.75) is 39.1 Å². The molecule has 0 aliphatic rings. The first kappa shape index (κ1) is 21.4. The molecule has 0 amide bonds. The van der Waals surface area contributed by atoms with Gasteiger partial charge in [0, 0.05) is 12.5 Å². The van der Waals surface area contributed by atoms with Crippen LogP contribution in [0.2, 0.25) is 0 Å². The lowest BCUT2D eigenvalue weighted by atomic mass is 10.0. The van der Waals surface area contributed by atoms with Gasteiger partial charge in [0.1, 0.15) is 11.4 Å². The largest absolute Gasteiger partial charge is 0.573 e. The lowest BCUT2D eigenvalue weighted by Gasteiger charge is -2.15. The van der Waals surface area contributed by atoms with Gasteiger partial charge in [0.05, 0.1) is 17.5 Å². The lowest BCUT2D eigenvalue weighted by Crippen LogP contribution is -2.27. The number of ether oxygens (including phenoxy) is 1. The van der Waals surface area contributed by atoms with Crippen molar-refractivity contribution in [1.29, 1.82) is 0 Å². The number of carbonyl (C=O) groups is 1. The molecule has 0 fully saturated rings. The zero-order valence-electron chi connectivity index (χ0n) is 16.2. The molecule has 1 aromatic heterocycles. The fraction of sp³-hybridized carbons (Fsp3) is 0.286. The van der Waals surface area contributed by atoms with Crippen LogP contribution in [-0.2, 0) is 11.3 Å².